The first kappa shape index (κ1) is 10.4. The molecule has 0 aliphatic carbocycles. The van der Waals surface area contributed by atoms with Gasteiger partial charge in [-0.3, -0.25) is 0 Å². The van der Waals surface area contributed by atoms with Crippen molar-refractivity contribution in [2.45, 2.75) is 39.3 Å². The van der Waals surface area contributed by atoms with E-state index in [0.29, 0.717) is 0 Å². The van der Waals surface area contributed by atoms with Crippen molar-refractivity contribution >= 4 is 0 Å². The minimum Gasteiger partial charge on any atom is -0.359 e. The molecular weight excluding hydrogens is 162 g/mol. The van der Waals surface area contributed by atoms with Crippen LogP contribution in [0.2, 0.25) is 0 Å². The van der Waals surface area contributed by atoms with Crippen LogP contribution in [0.5, 0.6) is 0 Å². The van der Waals surface area contributed by atoms with Gasteiger partial charge in [0.25, 0.3) is 0 Å². The summed E-state index contributed by atoms with van der Waals surface area (Å²) in [5, 5.41) is 0. The van der Waals surface area contributed by atoms with Gasteiger partial charge >= 0.3 is 0 Å². The third-order valence-electron chi connectivity index (χ3n) is 2.46. The van der Waals surface area contributed by atoms with Gasteiger partial charge in [0.15, 0.2) is 0 Å². The van der Waals surface area contributed by atoms with E-state index in [1.165, 1.54) is 12.8 Å². The van der Waals surface area contributed by atoms with Gasteiger partial charge in [-0.2, -0.15) is 0 Å². The number of nitrogens with two attached hydrogens (primary N) is 1. The molecule has 0 aromatic carbocycles. The van der Waals surface area contributed by atoms with Gasteiger partial charge in [0.2, 0.25) is 0 Å². The number of hydrogen-bond donors (Lipinski definition) is 1. The maximum absolute atomic E-state index is 5.92. The highest BCUT2D eigenvalue weighted by Crippen LogP contribution is 2.10. The van der Waals surface area contributed by atoms with Crippen LogP contribution in [0.25, 0.3) is 0 Å². The second-order valence-corrected chi connectivity index (χ2v) is 3.60. The van der Waals surface area contributed by atoms with Crippen LogP contribution in [0.1, 0.15) is 33.1 Å². The van der Waals surface area contributed by atoms with Crippen LogP contribution < -0.4 is 5.73 Å². The van der Waals surface area contributed by atoms with E-state index in [1.54, 1.807) is 0 Å². The summed E-state index contributed by atoms with van der Waals surface area (Å²) >= 11 is 0. The third-order valence-corrected chi connectivity index (χ3v) is 2.46. The van der Waals surface area contributed by atoms with Crippen molar-refractivity contribution in [1.29, 1.82) is 0 Å². The summed E-state index contributed by atoms with van der Waals surface area (Å²) in [7, 11) is 0. The maximum atomic E-state index is 5.92. The Morgan fingerprint density at radius 1 is 1.38 bits per heavy atom. The molecule has 0 aromatic heterocycles. The zero-order valence-electron chi connectivity index (χ0n) is 8.74. The molecule has 3 nitrogen and oxygen atoms in total. The third kappa shape index (κ3) is 2.92. The van der Waals surface area contributed by atoms with Crippen LogP contribution in [0, 0.1) is 0 Å². The Kier molecular flexibility index (Phi) is 4.09. The Balaban J connectivity index is 2.25. The number of rotatable bonds is 5. The lowest BCUT2D eigenvalue weighted by molar-refractivity contribution is 0.209. The highest BCUT2D eigenvalue weighted by molar-refractivity contribution is 4.92. The fourth-order valence-corrected chi connectivity index (χ4v) is 1.44. The second-order valence-electron chi connectivity index (χ2n) is 3.60. The summed E-state index contributed by atoms with van der Waals surface area (Å²) in [6.45, 7) is 6.46. The largest absolute Gasteiger partial charge is 0.359 e. The van der Waals surface area contributed by atoms with Crippen molar-refractivity contribution in [1.82, 2.24) is 9.80 Å². The van der Waals surface area contributed by atoms with E-state index < -0.39 is 0 Å². The van der Waals surface area contributed by atoms with E-state index in [9.17, 15) is 0 Å². The lowest BCUT2D eigenvalue weighted by Gasteiger charge is -2.25. The summed E-state index contributed by atoms with van der Waals surface area (Å²) in [6, 6.07) is 0. The minimum atomic E-state index is 0.183. The summed E-state index contributed by atoms with van der Waals surface area (Å²) in [4.78, 5) is 4.51. The molecule has 0 bridgehead atoms. The van der Waals surface area contributed by atoms with E-state index >= 15 is 0 Å². The monoisotopic (exact) mass is 183 g/mol. The van der Waals surface area contributed by atoms with Gasteiger partial charge in [0, 0.05) is 18.9 Å². The molecule has 1 aliphatic heterocycles. The van der Waals surface area contributed by atoms with E-state index in [0.717, 1.165) is 19.6 Å². The second kappa shape index (κ2) is 5.12. The highest BCUT2D eigenvalue weighted by Gasteiger charge is 2.15. The molecule has 1 unspecified atom stereocenters. The molecule has 0 saturated heterocycles. The molecule has 1 aliphatic rings. The van der Waals surface area contributed by atoms with Crippen LogP contribution >= 0.6 is 0 Å². The smallest absolute Gasteiger partial charge is 0.0908 e. The maximum Gasteiger partial charge on any atom is 0.0908 e. The van der Waals surface area contributed by atoms with Crippen molar-refractivity contribution in [3.63, 3.8) is 0 Å². The molecular formula is C10H21N3. The topological polar surface area (TPSA) is 32.5 Å². The molecule has 1 heterocycles. The van der Waals surface area contributed by atoms with Crippen molar-refractivity contribution in [3.8, 4) is 0 Å². The Morgan fingerprint density at radius 2 is 2.15 bits per heavy atom. The van der Waals surface area contributed by atoms with Crippen LogP contribution in [-0.4, -0.2) is 29.2 Å². The number of nitrogens with zero attached hydrogens (tertiary/aromatic N) is 2. The summed E-state index contributed by atoms with van der Waals surface area (Å²) < 4.78 is 0. The van der Waals surface area contributed by atoms with Gasteiger partial charge in [-0.1, -0.05) is 20.3 Å². The first-order chi connectivity index (χ1) is 6.27. The van der Waals surface area contributed by atoms with E-state index in [-0.39, 0.29) is 6.17 Å². The fraction of sp³-hybridized carbons (Fsp3) is 0.800. The van der Waals surface area contributed by atoms with Crippen LogP contribution in [0.4, 0.5) is 0 Å². The normalized spacial score (nSPS) is 18.4. The van der Waals surface area contributed by atoms with Gasteiger partial charge in [0.05, 0.1) is 12.8 Å². The van der Waals surface area contributed by atoms with E-state index in [2.05, 4.69) is 36.0 Å². The average Bonchev–Trinajstić information content (AvgIpc) is 2.62. The zero-order chi connectivity index (χ0) is 9.68. The van der Waals surface area contributed by atoms with Gasteiger partial charge in [0.1, 0.15) is 0 Å². The SMILES string of the molecule is CCCCN1C=CN(C(N)CC)C1. The molecule has 0 radical (unpaired) electrons. The Morgan fingerprint density at radius 3 is 2.77 bits per heavy atom. The van der Waals surface area contributed by atoms with Gasteiger partial charge in [-0.15, -0.1) is 0 Å². The van der Waals surface area contributed by atoms with E-state index in [1.807, 2.05) is 0 Å². The molecule has 1 atom stereocenters. The van der Waals surface area contributed by atoms with Gasteiger partial charge in [-0.05, 0) is 12.8 Å². The molecule has 3 heteroatoms. The standard InChI is InChI=1S/C10H21N3/c1-3-5-6-12-7-8-13(9-12)10(11)4-2/h7-8,10H,3-6,9,11H2,1-2H3. The molecule has 0 amide bonds. The molecule has 0 saturated carbocycles. The predicted octanol–water partition coefficient (Wildman–Crippen LogP) is 1.53. The zero-order valence-corrected chi connectivity index (χ0v) is 8.74. The van der Waals surface area contributed by atoms with Gasteiger partial charge < -0.3 is 15.5 Å². The Labute approximate surface area is 81.2 Å². The van der Waals surface area contributed by atoms with Crippen LogP contribution in [0.15, 0.2) is 12.4 Å². The van der Waals surface area contributed by atoms with Crippen molar-refractivity contribution in [2.75, 3.05) is 13.2 Å². The predicted molar refractivity (Wildman–Crippen MR) is 55.7 cm³/mol. The molecule has 0 fully saturated rings. The first-order valence-electron chi connectivity index (χ1n) is 5.21. The van der Waals surface area contributed by atoms with Crippen LogP contribution in [-0.2, 0) is 0 Å². The number of hydrogen-bond acceptors (Lipinski definition) is 3. The quantitative estimate of drug-likeness (QED) is 0.701. The molecule has 76 valence electrons. The molecule has 2 N–H and O–H groups in total. The summed E-state index contributed by atoms with van der Waals surface area (Å²) in [6.07, 6.45) is 7.95. The average molecular weight is 183 g/mol. The fourth-order valence-electron chi connectivity index (χ4n) is 1.44. The first-order valence-corrected chi connectivity index (χ1v) is 5.21. The van der Waals surface area contributed by atoms with Gasteiger partial charge in [-0.25, -0.2) is 0 Å². The van der Waals surface area contributed by atoms with Crippen molar-refractivity contribution < 1.29 is 0 Å². The van der Waals surface area contributed by atoms with Crippen molar-refractivity contribution in [3.05, 3.63) is 12.4 Å². The summed E-state index contributed by atoms with van der Waals surface area (Å²) in [5.41, 5.74) is 5.92. The Hall–Kier alpha value is -0.700. The molecule has 1 rings (SSSR count). The van der Waals surface area contributed by atoms with E-state index in [4.69, 9.17) is 5.73 Å². The lowest BCUT2D eigenvalue weighted by atomic mass is 10.3. The highest BCUT2D eigenvalue weighted by atomic mass is 15.4. The van der Waals surface area contributed by atoms with Crippen molar-refractivity contribution in [2.24, 2.45) is 5.73 Å². The lowest BCUT2D eigenvalue weighted by Crippen LogP contribution is -2.39. The minimum absolute atomic E-state index is 0.183. The Bertz CT molecular complexity index is 168. The molecule has 13 heavy (non-hydrogen) atoms. The molecule has 0 aromatic rings. The number of unbranched alkanes of at least 4 members (excludes halogenated alkanes) is 1. The summed E-state index contributed by atoms with van der Waals surface area (Å²) in [5.74, 6) is 0. The molecule has 0 spiro atoms. The van der Waals surface area contributed by atoms with Crippen LogP contribution in [0.3, 0.4) is 0 Å².